The molecule has 1 heterocycles. The van der Waals surface area contributed by atoms with Crippen LogP contribution in [0, 0.1) is 6.92 Å². The van der Waals surface area contributed by atoms with Gasteiger partial charge in [0.1, 0.15) is 0 Å². The minimum absolute atomic E-state index is 0.150. The summed E-state index contributed by atoms with van der Waals surface area (Å²) in [5, 5.41) is 0. The summed E-state index contributed by atoms with van der Waals surface area (Å²) in [6.45, 7) is 2.04. The molecule has 2 aromatic rings. The van der Waals surface area contributed by atoms with Gasteiger partial charge in [0.25, 0.3) is 0 Å². The highest BCUT2D eigenvalue weighted by Gasteiger charge is 2.27. The lowest BCUT2D eigenvalue weighted by atomic mass is 10.1. The molecule has 0 N–H and O–H groups in total. The van der Waals surface area contributed by atoms with E-state index < -0.39 is 0 Å². The standard InChI is InChI=1S/C15H13NO/c1-11-5-4-7-13(9-11)16-14-8-3-2-6-12(14)10-15(16)17/h2-9H,10H2,1H3. The zero-order chi connectivity index (χ0) is 11.8. The first-order valence-corrected chi connectivity index (χ1v) is 5.73. The van der Waals surface area contributed by atoms with Crippen molar-refractivity contribution in [1.29, 1.82) is 0 Å². The van der Waals surface area contributed by atoms with E-state index in [1.54, 1.807) is 0 Å². The predicted molar refractivity (Wildman–Crippen MR) is 68.5 cm³/mol. The minimum Gasteiger partial charge on any atom is -0.280 e. The maximum atomic E-state index is 12.1. The number of fused-ring (bicyclic) bond motifs is 1. The number of para-hydroxylation sites is 1. The number of anilines is 2. The SMILES string of the molecule is Cc1cccc(N2C(=O)Cc3ccccc32)c1. The molecule has 0 radical (unpaired) electrons. The molecule has 0 atom stereocenters. The second-order valence-electron chi connectivity index (χ2n) is 4.37. The van der Waals surface area contributed by atoms with E-state index in [4.69, 9.17) is 0 Å². The van der Waals surface area contributed by atoms with Crippen LogP contribution in [0.25, 0.3) is 0 Å². The Morgan fingerprint density at radius 1 is 1.06 bits per heavy atom. The Morgan fingerprint density at radius 3 is 2.71 bits per heavy atom. The Labute approximate surface area is 100 Å². The molecule has 0 bridgehead atoms. The first-order valence-electron chi connectivity index (χ1n) is 5.73. The van der Waals surface area contributed by atoms with Crippen LogP contribution in [0.5, 0.6) is 0 Å². The maximum Gasteiger partial charge on any atom is 0.236 e. The van der Waals surface area contributed by atoms with Crippen LogP contribution < -0.4 is 4.90 Å². The van der Waals surface area contributed by atoms with Crippen molar-refractivity contribution < 1.29 is 4.79 Å². The number of aryl methyl sites for hydroxylation is 1. The van der Waals surface area contributed by atoms with E-state index in [-0.39, 0.29) is 5.91 Å². The lowest BCUT2D eigenvalue weighted by Crippen LogP contribution is -2.20. The van der Waals surface area contributed by atoms with Crippen molar-refractivity contribution in [3.05, 3.63) is 59.7 Å². The van der Waals surface area contributed by atoms with Crippen LogP contribution in [0.4, 0.5) is 11.4 Å². The van der Waals surface area contributed by atoms with Gasteiger partial charge in [-0.15, -0.1) is 0 Å². The molecule has 84 valence electrons. The van der Waals surface area contributed by atoms with E-state index >= 15 is 0 Å². The quantitative estimate of drug-likeness (QED) is 0.727. The molecule has 0 saturated heterocycles. The van der Waals surface area contributed by atoms with Crippen molar-refractivity contribution in [2.24, 2.45) is 0 Å². The van der Waals surface area contributed by atoms with Crippen LogP contribution in [0.1, 0.15) is 11.1 Å². The second-order valence-corrected chi connectivity index (χ2v) is 4.37. The number of benzene rings is 2. The zero-order valence-electron chi connectivity index (χ0n) is 9.68. The number of hydrogen-bond donors (Lipinski definition) is 0. The predicted octanol–water partition coefficient (Wildman–Crippen LogP) is 3.22. The van der Waals surface area contributed by atoms with Gasteiger partial charge >= 0.3 is 0 Å². The Hall–Kier alpha value is -2.09. The fourth-order valence-corrected chi connectivity index (χ4v) is 2.30. The summed E-state index contributed by atoms with van der Waals surface area (Å²) in [4.78, 5) is 13.9. The molecular weight excluding hydrogens is 210 g/mol. The number of carbonyl (C=O) groups is 1. The molecule has 3 rings (SSSR count). The molecular formula is C15H13NO. The third kappa shape index (κ3) is 1.62. The van der Waals surface area contributed by atoms with Gasteiger partial charge in [-0.05, 0) is 36.2 Å². The fraction of sp³-hybridized carbons (Fsp3) is 0.133. The lowest BCUT2D eigenvalue weighted by molar-refractivity contribution is -0.116. The number of nitrogens with zero attached hydrogens (tertiary/aromatic N) is 1. The third-order valence-corrected chi connectivity index (χ3v) is 3.08. The third-order valence-electron chi connectivity index (χ3n) is 3.08. The Bertz CT molecular complexity index is 589. The van der Waals surface area contributed by atoms with Crippen LogP contribution in [0.2, 0.25) is 0 Å². The summed E-state index contributed by atoms with van der Waals surface area (Å²) >= 11 is 0. The number of amides is 1. The molecule has 17 heavy (non-hydrogen) atoms. The van der Waals surface area contributed by atoms with E-state index in [0.717, 1.165) is 16.9 Å². The first kappa shape index (κ1) is 10.1. The Morgan fingerprint density at radius 2 is 1.88 bits per heavy atom. The van der Waals surface area contributed by atoms with Crippen molar-refractivity contribution in [1.82, 2.24) is 0 Å². The molecule has 0 saturated carbocycles. The van der Waals surface area contributed by atoms with Gasteiger partial charge in [-0.1, -0.05) is 30.3 Å². The van der Waals surface area contributed by atoms with E-state index in [1.165, 1.54) is 5.56 Å². The molecule has 2 heteroatoms. The van der Waals surface area contributed by atoms with Crippen LogP contribution in [-0.2, 0) is 11.2 Å². The molecule has 0 aromatic heterocycles. The van der Waals surface area contributed by atoms with Crippen LogP contribution in [-0.4, -0.2) is 5.91 Å². The summed E-state index contributed by atoms with van der Waals surface area (Å²) in [6, 6.07) is 16.0. The highest BCUT2D eigenvalue weighted by Crippen LogP contribution is 2.35. The highest BCUT2D eigenvalue weighted by atomic mass is 16.2. The van der Waals surface area contributed by atoms with Crippen LogP contribution in [0.15, 0.2) is 48.5 Å². The monoisotopic (exact) mass is 223 g/mol. The minimum atomic E-state index is 0.150. The van der Waals surface area contributed by atoms with Gasteiger partial charge in [0.2, 0.25) is 5.91 Å². The number of rotatable bonds is 1. The van der Waals surface area contributed by atoms with Crippen molar-refractivity contribution >= 4 is 17.3 Å². The van der Waals surface area contributed by atoms with Gasteiger partial charge in [-0.2, -0.15) is 0 Å². The summed E-state index contributed by atoms with van der Waals surface area (Å²) in [5.41, 5.74) is 4.25. The van der Waals surface area contributed by atoms with Gasteiger partial charge in [0.05, 0.1) is 12.1 Å². The first-order chi connectivity index (χ1) is 8.25. The van der Waals surface area contributed by atoms with Gasteiger partial charge in [-0.25, -0.2) is 0 Å². The molecule has 2 aromatic carbocycles. The van der Waals surface area contributed by atoms with Gasteiger partial charge in [-0.3, -0.25) is 9.69 Å². The Balaban J connectivity index is 2.13. The smallest absolute Gasteiger partial charge is 0.236 e. The summed E-state index contributed by atoms with van der Waals surface area (Å²) in [5.74, 6) is 0.150. The molecule has 0 spiro atoms. The molecule has 1 aliphatic rings. The molecule has 2 nitrogen and oxygen atoms in total. The number of hydrogen-bond acceptors (Lipinski definition) is 1. The normalized spacial score (nSPS) is 13.9. The number of carbonyl (C=O) groups excluding carboxylic acids is 1. The molecule has 1 amide bonds. The highest BCUT2D eigenvalue weighted by molar-refractivity contribution is 6.07. The largest absolute Gasteiger partial charge is 0.280 e. The van der Waals surface area contributed by atoms with Gasteiger partial charge < -0.3 is 0 Å². The van der Waals surface area contributed by atoms with Crippen molar-refractivity contribution in [3.8, 4) is 0 Å². The zero-order valence-corrected chi connectivity index (χ0v) is 9.68. The molecule has 0 aliphatic carbocycles. The fourth-order valence-electron chi connectivity index (χ4n) is 2.30. The van der Waals surface area contributed by atoms with Gasteiger partial charge in [0.15, 0.2) is 0 Å². The topological polar surface area (TPSA) is 20.3 Å². The Kier molecular flexibility index (Phi) is 2.22. The maximum absolute atomic E-state index is 12.1. The van der Waals surface area contributed by atoms with Crippen molar-refractivity contribution in [2.75, 3.05) is 4.90 Å². The average Bonchev–Trinajstić information content (AvgIpc) is 2.64. The lowest BCUT2D eigenvalue weighted by Gasteiger charge is -2.17. The van der Waals surface area contributed by atoms with Crippen LogP contribution >= 0.6 is 0 Å². The molecule has 0 unspecified atom stereocenters. The summed E-state index contributed by atoms with van der Waals surface area (Å²) < 4.78 is 0. The second kappa shape index (κ2) is 3.74. The molecule has 0 fully saturated rings. The summed E-state index contributed by atoms with van der Waals surface area (Å²) in [6.07, 6.45) is 0.504. The molecule has 1 aliphatic heterocycles. The van der Waals surface area contributed by atoms with E-state index in [2.05, 4.69) is 0 Å². The van der Waals surface area contributed by atoms with E-state index in [9.17, 15) is 4.79 Å². The van der Waals surface area contributed by atoms with Crippen molar-refractivity contribution in [2.45, 2.75) is 13.3 Å². The van der Waals surface area contributed by atoms with E-state index in [1.807, 2.05) is 60.4 Å². The van der Waals surface area contributed by atoms with Crippen molar-refractivity contribution in [3.63, 3.8) is 0 Å². The van der Waals surface area contributed by atoms with E-state index in [0.29, 0.717) is 6.42 Å². The summed E-state index contributed by atoms with van der Waals surface area (Å²) in [7, 11) is 0. The average molecular weight is 223 g/mol. The van der Waals surface area contributed by atoms with Crippen LogP contribution in [0.3, 0.4) is 0 Å². The van der Waals surface area contributed by atoms with Gasteiger partial charge in [0, 0.05) is 5.69 Å².